The Balaban J connectivity index is 1.79. The van der Waals surface area contributed by atoms with E-state index in [0.717, 1.165) is 11.1 Å². The molecule has 0 aliphatic rings. The summed E-state index contributed by atoms with van der Waals surface area (Å²) in [5.74, 6) is -4.17. The number of halogens is 2. The predicted octanol–water partition coefficient (Wildman–Crippen LogP) is 4.60. The number of esters is 1. The van der Waals surface area contributed by atoms with E-state index >= 15 is 0 Å². The van der Waals surface area contributed by atoms with Crippen LogP contribution in [0.4, 0.5) is 13.6 Å². The SMILES string of the molecule is CC(C)(C)OC(=O)NCC(F)(F)COC(=O)Cc1ccc(-c2ccccc2)cc1. The lowest BCUT2D eigenvalue weighted by Crippen LogP contribution is -2.42. The highest BCUT2D eigenvalue weighted by Gasteiger charge is 2.32. The summed E-state index contributed by atoms with van der Waals surface area (Å²) in [6.45, 7) is 2.77. The van der Waals surface area contributed by atoms with Crippen molar-refractivity contribution in [2.45, 2.75) is 38.7 Å². The second-order valence-corrected chi connectivity index (χ2v) is 7.61. The van der Waals surface area contributed by atoms with Gasteiger partial charge >= 0.3 is 12.1 Å². The standard InChI is InChI=1S/C22H25F2NO4/c1-21(2,3)29-20(27)25-14-22(23,24)15-28-19(26)13-16-9-11-18(12-10-16)17-7-5-4-6-8-17/h4-12H,13-15H2,1-3H3,(H,25,27). The number of ether oxygens (including phenoxy) is 2. The normalized spacial score (nSPS) is 11.6. The summed E-state index contributed by atoms with van der Waals surface area (Å²) >= 11 is 0. The van der Waals surface area contributed by atoms with Crippen molar-refractivity contribution in [3.05, 3.63) is 60.2 Å². The molecular formula is C22H25F2NO4. The van der Waals surface area contributed by atoms with E-state index in [2.05, 4.69) is 4.74 Å². The Bertz CT molecular complexity index is 815. The van der Waals surface area contributed by atoms with Crippen LogP contribution in [0.25, 0.3) is 11.1 Å². The summed E-state index contributed by atoms with van der Waals surface area (Å²) in [4.78, 5) is 23.3. The lowest BCUT2D eigenvalue weighted by molar-refractivity contribution is -0.153. The molecule has 2 rings (SSSR count). The fourth-order valence-corrected chi connectivity index (χ4v) is 2.42. The Hall–Kier alpha value is -2.96. The van der Waals surface area contributed by atoms with E-state index in [1.165, 1.54) is 0 Å². The summed E-state index contributed by atoms with van der Waals surface area (Å²) in [6, 6.07) is 16.9. The highest BCUT2D eigenvalue weighted by molar-refractivity contribution is 5.73. The second-order valence-electron chi connectivity index (χ2n) is 7.61. The van der Waals surface area contributed by atoms with Crippen molar-refractivity contribution < 1.29 is 27.8 Å². The third-order valence-corrected chi connectivity index (χ3v) is 3.74. The molecule has 0 spiro atoms. The third-order valence-electron chi connectivity index (χ3n) is 3.74. The first kappa shape index (κ1) is 22.3. The second kappa shape index (κ2) is 9.49. The van der Waals surface area contributed by atoms with Crippen molar-refractivity contribution >= 4 is 12.1 Å². The summed E-state index contributed by atoms with van der Waals surface area (Å²) in [7, 11) is 0. The van der Waals surface area contributed by atoms with Crippen LogP contribution in [-0.4, -0.2) is 36.7 Å². The Morgan fingerprint density at radius 1 is 0.931 bits per heavy atom. The average molecular weight is 405 g/mol. The van der Waals surface area contributed by atoms with Gasteiger partial charge in [0.15, 0.2) is 6.61 Å². The van der Waals surface area contributed by atoms with Gasteiger partial charge in [-0.15, -0.1) is 0 Å². The molecule has 2 aromatic carbocycles. The van der Waals surface area contributed by atoms with Gasteiger partial charge in [-0.1, -0.05) is 54.6 Å². The van der Waals surface area contributed by atoms with Gasteiger partial charge in [-0.05, 0) is 37.5 Å². The first-order valence-corrected chi connectivity index (χ1v) is 9.19. The zero-order chi connectivity index (χ0) is 21.5. The number of alkyl halides is 2. The van der Waals surface area contributed by atoms with Crippen LogP contribution in [0.2, 0.25) is 0 Å². The lowest BCUT2D eigenvalue weighted by atomic mass is 10.0. The first-order chi connectivity index (χ1) is 13.5. The maximum atomic E-state index is 13.8. The Morgan fingerprint density at radius 2 is 1.52 bits per heavy atom. The quantitative estimate of drug-likeness (QED) is 0.684. The Kier molecular flexibility index (Phi) is 7.31. The van der Waals surface area contributed by atoms with Gasteiger partial charge in [0, 0.05) is 0 Å². The largest absolute Gasteiger partial charge is 0.459 e. The number of alkyl carbamates (subject to hydrolysis) is 1. The van der Waals surface area contributed by atoms with Gasteiger partial charge in [0.1, 0.15) is 5.60 Å². The third kappa shape index (κ3) is 8.29. The molecule has 0 saturated carbocycles. The molecule has 0 unspecified atom stereocenters. The molecule has 7 heteroatoms. The lowest BCUT2D eigenvalue weighted by Gasteiger charge is -2.21. The van der Waals surface area contributed by atoms with E-state index in [1.807, 2.05) is 47.8 Å². The van der Waals surface area contributed by atoms with Crippen molar-refractivity contribution in [1.29, 1.82) is 0 Å². The molecule has 0 aliphatic carbocycles. The average Bonchev–Trinajstić information content (AvgIpc) is 2.65. The summed E-state index contributed by atoms with van der Waals surface area (Å²) in [6.07, 6.45) is -1.08. The van der Waals surface area contributed by atoms with Crippen molar-refractivity contribution in [1.82, 2.24) is 5.32 Å². The molecule has 0 saturated heterocycles. The first-order valence-electron chi connectivity index (χ1n) is 9.19. The van der Waals surface area contributed by atoms with Gasteiger partial charge in [0.2, 0.25) is 0 Å². The minimum Gasteiger partial charge on any atom is -0.459 e. The van der Waals surface area contributed by atoms with E-state index in [4.69, 9.17) is 4.74 Å². The molecule has 2 aromatic rings. The van der Waals surface area contributed by atoms with Gasteiger partial charge in [0.05, 0.1) is 13.0 Å². The van der Waals surface area contributed by atoms with Gasteiger partial charge in [-0.2, -0.15) is 0 Å². The molecule has 5 nitrogen and oxygen atoms in total. The highest BCUT2D eigenvalue weighted by Crippen LogP contribution is 2.20. The zero-order valence-corrected chi connectivity index (χ0v) is 16.7. The van der Waals surface area contributed by atoms with Crippen LogP contribution >= 0.6 is 0 Å². The van der Waals surface area contributed by atoms with E-state index < -0.39 is 36.7 Å². The molecule has 1 amide bonds. The van der Waals surface area contributed by atoms with Crippen LogP contribution in [0.3, 0.4) is 0 Å². The number of carbonyl (C=O) groups excluding carboxylic acids is 2. The maximum Gasteiger partial charge on any atom is 0.407 e. The van der Waals surface area contributed by atoms with Gasteiger partial charge in [-0.25, -0.2) is 13.6 Å². The minimum atomic E-state index is -3.40. The molecule has 0 atom stereocenters. The molecular weight excluding hydrogens is 380 g/mol. The predicted molar refractivity (Wildman–Crippen MR) is 106 cm³/mol. The number of carbonyl (C=O) groups is 2. The van der Waals surface area contributed by atoms with Crippen molar-refractivity contribution in [2.24, 2.45) is 0 Å². The highest BCUT2D eigenvalue weighted by atomic mass is 19.3. The smallest absolute Gasteiger partial charge is 0.407 e. The molecule has 156 valence electrons. The van der Waals surface area contributed by atoms with Crippen LogP contribution in [0.5, 0.6) is 0 Å². The van der Waals surface area contributed by atoms with Crippen molar-refractivity contribution in [3.8, 4) is 11.1 Å². The van der Waals surface area contributed by atoms with Gasteiger partial charge < -0.3 is 14.8 Å². The monoisotopic (exact) mass is 405 g/mol. The number of nitrogens with one attached hydrogen (secondary N) is 1. The van der Waals surface area contributed by atoms with Crippen LogP contribution < -0.4 is 5.32 Å². The van der Waals surface area contributed by atoms with Crippen LogP contribution in [-0.2, 0) is 20.7 Å². The maximum absolute atomic E-state index is 13.8. The molecule has 0 bridgehead atoms. The molecule has 0 aliphatic heterocycles. The van der Waals surface area contributed by atoms with Crippen molar-refractivity contribution in [2.75, 3.05) is 13.2 Å². The Morgan fingerprint density at radius 3 is 2.10 bits per heavy atom. The molecule has 0 aromatic heterocycles. The number of rotatable bonds is 7. The number of benzene rings is 2. The number of amides is 1. The fourth-order valence-electron chi connectivity index (χ4n) is 2.42. The van der Waals surface area contributed by atoms with Gasteiger partial charge in [0.25, 0.3) is 5.92 Å². The van der Waals surface area contributed by atoms with Crippen LogP contribution in [0, 0.1) is 0 Å². The molecule has 0 radical (unpaired) electrons. The molecule has 1 N–H and O–H groups in total. The Labute approximate surface area is 169 Å². The van der Waals surface area contributed by atoms with E-state index in [9.17, 15) is 18.4 Å². The summed E-state index contributed by atoms with van der Waals surface area (Å²) < 4.78 is 37.2. The molecule has 0 heterocycles. The number of hydrogen-bond donors (Lipinski definition) is 1. The van der Waals surface area contributed by atoms with Crippen LogP contribution in [0.15, 0.2) is 54.6 Å². The summed E-state index contributed by atoms with van der Waals surface area (Å²) in [5.41, 5.74) is 1.90. The minimum absolute atomic E-state index is 0.120. The van der Waals surface area contributed by atoms with Gasteiger partial charge in [-0.3, -0.25) is 4.79 Å². The fraction of sp³-hybridized carbons (Fsp3) is 0.364. The molecule has 29 heavy (non-hydrogen) atoms. The van der Waals surface area contributed by atoms with Crippen LogP contribution in [0.1, 0.15) is 26.3 Å². The molecule has 0 fully saturated rings. The van der Waals surface area contributed by atoms with E-state index in [0.29, 0.717) is 5.56 Å². The number of hydrogen-bond acceptors (Lipinski definition) is 4. The topological polar surface area (TPSA) is 64.6 Å². The summed E-state index contributed by atoms with van der Waals surface area (Å²) in [5, 5.41) is 1.97. The van der Waals surface area contributed by atoms with E-state index in [1.54, 1.807) is 32.9 Å². The zero-order valence-electron chi connectivity index (χ0n) is 16.7. The van der Waals surface area contributed by atoms with Crippen molar-refractivity contribution in [3.63, 3.8) is 0 Å². The van der Waals surface area contributed by atoms with E-state index in [-0.39, 0.29) is 6.42 Å².